The van der Waals surface area contributed by atoms with E-state index in [1.165, 1.54) is 32.1 Å². The lowest BCUT2D eigenvalue weighted by Crippen LogP contribution is -2.29. The third kappa shape index (κ3) is 4.98. The Balaban J connectivity index is 2.39. The molecule has 2 atom stereocenters. The van der Waals surface area contributed by atoms with Crippen LogP contribution in [0.15, 0.2) is 0 Å². The van der Waals surface area contributed by atoms with Crippen molar-refractivity contribution in [2.45, 2.75) is 52.1 Å². The van der Waals surface area contributed by atoms with Crippen molar-refractivity contribution in [3.05, 3.63) is 0 Å². The molecule has 1 aliphatic carbocycles. The van der Waals surface area contributed by atoms with Gasteiger partial charge >= 0.3 is 0 Å². The van der Waals surface area contributed by atoms with E-state index in [4.69, 9.17) is 4.74 Å². The normalized spacial score (nSPS) is 28.0. The largest absolute Gasteiger partial charge is 0.378 e. The first-order chi connectivity index (χ1) is 7.24. The van der Waals surface area contributed by atoms with Gasteiger partial charge in [-0.2, -0.15) is 0 Å². The molecule has 1 aliphatic rings. The Kier molecular flexibility index (Phi) is 6.26. The fourth-order valence-corrected chi connectivity index (χ4v) is 2.53. The molecule has 2 heteroatoms. The number of hydrogen-bond acceptors (Lipinski definition) is 2. The van der Waals surface area contributed by atoms with Crippen molar-refractivity contribution in [2.24, 2.45) is 11.8 Å². The van der Waals surface area contributed by atoms with Crippen LogP contribution in [0.3, 0.4) is 0 Å². The fraction of sp³-hybridized carbons (Fsp3) is 1.00. The van der Waals surface area contributed by atoms with Crippen molar-refractivity contribution in [3.8, 4) is 0 Å². The number of ether oxygens (including phenoxy) is 1. The van der Waals surface area contributed by atoms with Gasteiger partial charge in [0.05, 0.1) is 12.7 Å². The molecule has 15 heavy (non-hydrogen) atoms. The number of rotatable bonds is 5. The van der Waals surface area contributed by atoms with Crippen molar-refractivity contribution < 1.29 is 4.74 Å². The Hall–Kier alpha value is -0.0800. The molecule has 0 aromatic carbocycles. The summed E-state index contributed by atoms with van der Waals surface area (Å²) in [5, 5.41) is 3.33. The minimum atomic E-state index is 0.378. The fourth-order valence-electron chi connectivity index (χ4n) is 2.53. The first kappa shape index (κ1) is 13.0. The zero-order chi connectivity index (χ0) is 11.1. The van der Waals surface area contributed by atoms with Gasteiger partial charge in [0.2, 0.25) is 0 Å². The summed E-state index contributed by atoms with van der Waals surface area (Å²) in [5.74, 6) is 1.61. The van der Waals surface area contributed by atoms with Crippen molar-refractivity contribution >= 4 is 0 Å². The van der Waals surface area contributed by atoms with Gasteiger partial charge in [0, 0.05) is 0 Å². The Bertz CT molecular complexity index is 159. The van der Waals surface area contributed by atoms with E-state index in [-0.39, 0.29) is 0 Å². The molecule has 0 spiro atoms. The molecule has 0 heterocycles. The van der Waals surface area contributed by atoms with Crippen LogP contribution in [0.5, 0.6) is 0 Å². The predicted molar refractivity (Wildman–Crippen MR) is 65.1 cm³/mol. The first-order valence-electron chi connectivity index (χ1n) is 6.50. The van der Waals surface area contributed by atoms with E-state index in [2.05, 4.69) is 26.2 Å². The average molecular weight is 213 g/mol. The lowest BCUT2D eigenvalue weighted by Gasteiger charge is -2.25. The highest BCUT2D eigenvalue weighted by Crippen LogP contribution is 2.28. The molecular weight excluding hydrogens is 186 g/mol. The van der Waals surface area contributed by atoms with Crippen LogP contribution in [0.25, 0.3) is 0 Å². The summed E-state index contributed by atoms with van der Waals surface area (Å²) in [6.07, 6.45) is 7.34. The Morgan fingerprint density at radius 3 is 2.40 bits per heavy atom. The van der Waals surface area contributed by atoms with Crippen LogP contribution in [-0.2, 0) is 4.74 Å². The van der Waals surface area contributed by atoms with Crippen LogP contribution in [0.2, 0.25) is 0 Å². The molecule has 1 saturated carbocycles. The van der Waals surface area contributed by atoms with Crippen LogP contribution in [0, 0.1) is 11.8 Å². The summed E-state index contributed by atoms with van der Waals surface area (Å²) in [5.41, 5.74) is 0. The highest BCUT2D eigenvalue weighted by atomic mass is 16.5. The second-order valence-electron chi connectivity index (χ2n) is 5.10. The van der Waals surface area contributed by atoms with Gasteiger partial charge in [-0.05, 0) is 52.1 Å². The zero-order valence-electron chi connectivity index (χ0n) is 10.6. The molecule has 0 amide bonds. The molecule has 0 aromatic rings. The second kappa shape index (κ2) is 7.24. The first-order valence-corrected chi connectivity index (χ1v) is 6.50. The summed E-state index contributed by atoms with van der Waals surface area (Å²) in [4.78, 5) is 0. The number of hydrogen-bond donors (Lipinski definition) is 1. The molecule has 2 nitrogen and oxygen atoms in total. The van der Waals surface area contributed by atoms with Gasteiger partial charge in [0.1, 0.15) is 0 Å². The topological polar surface area (TPSA) is 21.3 Å². The van der Waals surface area contributed by atoms with E-state index in [1.807, 2.05) is 0 Å². The third-order valence-electron chi connectivity index (χ3n) is 3.43. The van der Waals surface area contributed by atoms with Gasteiger partial charge in [-0.15, -0.1) is 0 Å². The average Bonchev–Trinajstić information content (AvgIpc) is 2.41. The molecule has 0 radical (unpaired) electrons. The third-order valence-corrected chi connectivity index (χ3v) is 3.43. The molecule has 90 valence electrons. The van der Waals surface area contributed by atoms with Crippen molar-refractivity contribution in [1.82, 2.24) is 5.32 Å². The van der Waals surface area contributed by atoms with Crippen LogP contribution < -0.4 is 5.32 Å². The van der Waals surface area contributed by atoms with Crippen LogP contribution in [-0.4, -0.2) is 26.3 Å². The Labute approximate surface area is 94.8 Å². The van der Waals surface area contributed by atoms with Gasteiger partial charge in [0.15, 0.2) is 0 Å². The monoisotopic (exact) mass is 213 g/mol. The van der Waals surface area contributed by atoms with Gasteiger partial charge in [-0.1, -0.05) is 19.3 Å². The summed E-state index contributed by atoms with van der Waals surface area (Å²) in [6, 6.07) is 0. The van der Waals surface area contributed by atoms with Crippen LogP contribution in [0.1, 0.15) is 46.0 Å². The standard InChI is InChI=1S/C13H27NO/c1-11(2)15-10-13-8-6-4-5-7-12(13)9-14-3/h11-14H,4-10H2,1-3H3. The maximum absolute atomic E-state index is 5.79. The maximum Gasteiger partial charge on any atom is 0.0519 e. The summed E-state index contributed by atoms with van der Waals surface area (Å²) in [7, 11) is 2.06. The summed E-state index contributed by atoms with van der Waals surface area (Å²) in [6.45, 7) is 6.38. The molecule has 2 unspecified atom stereocenters. The zero-order valence-corrected chi connectivity index (χ0v) is 10.6. The van der Waals surface area contributed by atoms with E-state index in [1.54, 1.807) is 0 Å². The predicted octanol–water partition coefficient (Wildman–Crippen LogP) is 2.83. The van der Waals surface area contributed by atoms with Crippen LogP contribution >= 0.6 is 0 Å². The maximum atomic E-state index is 5.79. The Morgan fingerprint density at radius 1 is 1.13 bits per heavy atom. The van der Waals surface area contributed by atoms with Crippen LogP contribution in [0.4, 0.5) is 0 Å². The molecule has 1 fully saturated rings. The van der Waals surface area contributed by atoms with Gasteiger partial charge in [-0.3, -0.25) is 0 Å². The second-order valence-corrected chi connectivity index (χ2v) is 5.10. The smallest absolute Gasteiger partial charge is 0.0519 e. The van der Waals surface area contributed by atoms with Crippen molar-refractivity contribution in [1.29, 1.82) is 0 Å². The van der Waals surface area contributed by atoms with Gasteiger partial charge < -0.3 is 10.1 Å². The molecule has 0 aliphatic heterocycles. The number of nitrogens with one attached hydrogen (secondary N) is 1. The highest BCUT2D eigenvalue weighted by molar-refractivity contribution is 4.75. The molecule has 0 aromatic heterocycles. The molecule has 0 bridgehead atoms. The lowest BCUT2D eigenvalue weighted by molar-refractivity contribution is 0.0325. The molecule has 1 N–H and O–H groups in total. The van der Waals surface area contributed by atoms with Crippen molar-refractivity contribution in [2.75, 3.05) is 20.2 Å². The molecule has 1 rings (SSSR count). The van der Waals surface area contributed by atoms with Crippen molar-refractivity contribution in [3.63, 3.8) is 0 Å². The van der Waals surface area contributed by atoms with E-state index < -0.39 is 0 Å². The van der Waals surface area contributed by atoms with E-state index in [9.17, 15) is 0 Å². The Morgan fingerprint density at radius 2 is 1.80 bits per heavy atom. The van der Waals surface area contributed by atoms with E-state index in [0.717, 1.165) is 25.0 Å². The van der Waals surface area contributed by atoms with Gasteiger partial charge in [-0.25, -0.2) is 0 Å². The molecule has 0 saturated heterocycles. The van der Waals surface area contributed by atoms with Gasteiger partial charge in [0.25, 0.3) is 0 Å². The highest BCUT2D eigenvalue weighted by Gasteiger charge is 2.23. The van der Waals surface area contributed by atoms with E-state index in [0.29, 0.717) is 6.10 Å². The SMILES string of the molecule is CNCC1CCCCCC1COC(C)C. The summed E-state index contributed by atoms with van der Waals surface area (Å²) < 4.78 is 5.79. The van der Waals surface area contributed by atoms with E-state index >= 15 is 0 Å². The lowest BCUT2D eigenvalue weighted by atomic mass is 9.88. The molecular formula is C13H27NO. The minimum absolute atomic E-state index is 0.378. The summed E-state index contributed by atoms with van der Waals surface area (Å²) >= 11 is 0. The minimum Gasteiger partial charge on any atom is -0.378 e. The quantitative estimate of drug-likeness (QED) is 0.709.